The average molecular weight is 370 g/mol. The molecule has 0 aliphatic rings. The van der Waals surface area contributed by atoms with E-state index in [0.717, 1.165) is 18.0 Å². The summed E-state index contributed by atoms with van der Waals surface area (Å²) in [4.78, 5) is 27.3. The van der Waals surface area contributed by atoms with E-state index in [2.05, 4.69) is 24.4 Å². The van der Waals surface area contributed by atoms with Crippen LogP contribution in [0.3, 0.4) is 0 Å². The number of quaternary nitrogens is 1. The van der Waals surface area contributed by atoms with Crippen molar-refractivity contribution in [3.8, 4) is 5.75 Å². The normalized spacial score (nSPS) is 11.5. The van der Waals surface area contributed by atoms with Gasteiger partial charge in [0.05, 0.1) is 20.2 Å². The Hall–Kier alpha value is -2.86. The van der Waals surface area contributed by atoms with Gasteiger partial charge >= 0.3 is 0 Å². The van der Waals surface area contributed by atoms with Crippen LogP contribution in [0.5, 0.6) is 5.75 Å². The second-order valence-electron chi connectivity index (χ2n) is 6.47. The van der Waals surface area contributed by atoms with Gasteiger partial charge in [-0.3, -0.25) is 9.59 Å². The monoisotopic (exact) mass is 370 g/mol. The molecule has 0 bridgehead atoms. The van der Waals surface area contributed by atoms with E-state index >= 15 is 0 Å². The molecule has 144 valence electrons. The van der Waals surface area contributed by atoms with E-state index in [0.29, 0.717) is 18.0 Å². The maximum Gasteiger partial charge on any atom is 0.277 e. The van der Waals surface area contributed by atoms with Crippen molar-refractivity contribution in [2.24, 2.45) is 0 Å². The number of likely N-dealkylation sites (N-methyl/N-ethyl adjacent to an activating group) is 2. The Kier molecular flexibility index (Phi) is 7.82. The standard InChI is InChI=1S/C21H27N3O3/c1-4-24(14-17-9-6-5-7-10-17)16-21(26)23(2)15-20(25)22-18-11-8-12-19(13-18)27-3/h5-13H,4,14-16H2,1-3H3,(H,22,25)/p+1. The fourth-order valence-corrected chi connectivity index (χ4v) is 2.75. The first kappa shape index (κ1) is 20.5. The van der Waals surface area contributed by atoms with Gasteiger partial charge in [-0.05, 0) is 19.1 Å². The van der Waals surface area contributed by atoms with Crippen molar-refractivity contribution in [1.82, 2.24) is 4.90 Å². The summed E-state index contributed by atoms with van der Waals surface area (Å²) in [5, 5.41) is 2.79. The second-order valence-corrected chi connectivity index (χ2v) is 6.47. The van der Waals surface area contributed by atoms with Crippen molar-refractivity contribution < 1.29 is 19.2 Å². The van der Waals surface area contributed by atoms with Gasteiger partial charge in [0, 0.05) is 24.4 Å². The number of anilines is 1. The Balaban J connectivity index is 1.85. The van der Waals surface area contributed by atoms with Gasteiger partial charge in [0.1, 0.15) is 12.3 Å². The number of carbonyl (C=O) groups excluding carboxylic acids is 2. The van der Waals surface area contributed by atoms with E-state index in [1.807, 2.05) is 18.2 Å². The predicted octanol–water partition coefficient (Wildman–Crippen LogP) is 1.20. The Morgan fingerprint density at radius 1 is 1.11 bits per heavy atom. The molecule has 0 heterocycles. The number of amides is 2. The zero-order chi connectivity index (χ0) is 19.6. The summed E-state index contributed by atoms with van der Waals surface area (Å²) in [6.45, 7) is 4.05. The lowest BCUT2D eigenvalue weighted by molar-refractivity contribution is -0.904. The summed E-state index contributed by atoms with van der Waals surface area (Å²) >= 11 is 0. The number of hydrogen-bond donors (Lipinski definition) is 2. The van der Waals surface area contributed by atoms with Crippen LogP contribution >= 0.6 is 0 Å². The minimum absolute atomic E-state index is 0.0123. The lowest BCUT2D eigenvalue weighted by Gasteiger charge is -2.21. The molecular formula is C21H28N3O3+. The summed E-state index contributed by atoms with van der Waals surface area (Å²) in [5.74, 6) is 0.379. The molecule has 6 heteroatoms. The number of benzene rings is 2. The highest BCUT2D eigenvalue weighted by Gasteiger charge is 2.19. The van der Waals surface area contributed by atoms with Crippen molar-refractivity contribution in [3.05, 3.63) is 60.2 Å². The van der Waals surface area contributed by atoms with Gasteiger partial charge < -0.3 is 19.9 Å². The van der Waals surface area contributed by atoms with Gasteiger partial charge in [0.2, 0.25) is 5.91 Å². The van der Waals surface area contributed by atoms with Crippen molar-refractivity contribution in [2.45, 2.75) is 13.5 Å². The van der Waals surface area contributed by atoms with E-state index < -0.39 is 0 Å². The third-order valence-corrected chi connectivity index (χ3v) is 4.36. The number of nitrogens with one attached hydrogen (secondary N) is 2. The van der Waals surface area contributed by atoms with Crippen LogP contribution in [0.25, 0.3) is 0 Å². The maximum atomic E-state index is 12.5. The zero-order valence-electron chi connectivity index (χ0n) is 16.2. The number of methoxy groups -OCH3 is 1. The van der Waals surface area contributed by atoms with Crippen molar-refractivity contribution in [1.29, 1.82) is 0 Å². The molecule has 0 spiro atoms. The Morgan fingerprint density at radius 3 is 2.52 bits per heavy atom. The molecule has 0 aromatic heterocycles. The molecule has 0 aliphatic heterocycles. The molecule has 0 fully saturated rings. The van der Waals surface area contributed by atoms with Gasteiger partial charge in [0.25, 0.3) is 5.91 Å². The maximum absolute atomic E-state index is 12.5. The molecule has 6 nitrogen and oxygen atoms in total. The highest BCUT2D eigenvalue weighted by molar-refractivity contribution is 5.94. The topological polar surface area (TPSA) is 63.1 Å². The molecule has 2 amide bonds. The molecule has 0 aliphatic carbocycles. The minimum atomic E-state index is -0.236. The molecule has 2 rings (SSSR count). The summed E-state index contributed by atoms with van der Waals surface area (Å²) in [7, 11) is 3.23. The summed E-state index contributed by atoms with van der Waals surface area (Å²) in [6, 6.07) is 17.2. The number of ether oxygens (including phenoxy) is 1. The lowest BCUT2D eigenvalue weighted by atomic mass is 10.2. The molecule has 2 N–H and O–H groups in total. The first-order valence-electron chi connectivity index (χ1n) is 9.07. The van der Waals surface area contributed by atoms with E-state index in [1.54, 1.807) is 38.4 Å². The molecule has 0 saturated heterocycles. The number of hydrogen-bond acceptors (Lipinski definition) is 3. The molecule has 2 aromatic carbocycles. The second kappa shape index (κ2) is 10.3. The molecule has 1 atom stereocenters. The molecule has 27 heavy (non-hydrogen) atoms. The lowest BCUT2D eigenvalue weighted by Crippen LogP contribution is -3.11. The largest absolute Gasteiger partial charge is 0.497 e. The van der Waals surface area contributed by atoms with Crippen LogP contribution in [0.1, 0.15) is 12.5 Å². The highest BCUT2D eigenvalue weighted by Crippen LogP contribution is 2.16. The van der Waals surface area contributed by atoms with E-state index in [9.17, 15) is 9.59 Å². The molecule has 2 aromatic rings. The summed E-state index contributed by atoms with van der Waals surface area (Å²) in [5.41, 5.74) is 1.84. The number of rotatable bonds is 9. The SMILES string of the molecule is CC[NH+](CC(=O)N(C)CC(=O)Nc1cccc(OC)c1)Cc1ccccc1. The van der Waals surface area contributed by atoms with Crippen LogP contribution < -0.4 is 15.0 Å². The van der Waals surface area contributed by atoms with Gasteiger partial charge in [-0.25, -0.2) is 0 Å². The van der Waals surface area contributed by atoms with Crippen LogP contribution in [0.4, 0.5) is 5.69 Å². The van der Waals surface area contributed by atoms with Gasteiger partial charge in [-0.2, -0.15) is 0 Å². The van der Waals surface area contributed by atoms with Crippen molar-refractivity contribution in [2.75, 3.05) is 39.1 Å². The Labute approximate surface area is 160 Å². The molecular weight excluding hydrogens is 342 g/mol. The van der Waals surface area contributed by atoms with Crippen LogP contribution in [-0.4, -0.2) is 50.5 Å². The van der Waals surface area contributed by atoms with Crippen LogP contribution in [-0.2, 0) is 16.1 Å². The van der Waals surface area contributed by atoms with E-state index in [-0.39, 0.29) is 18.4 Å². The number of nitrogens with zero attached hydrogens (tertiary/aromatic N) is 1. The van der Waals surface area contributed by atoms with Gasteiger partial charge in [0.15, 0.2) is 6.54 Å². The van der Waals surface area contributed by atoms with Crippen molar-refractivity contribution in [3.63, 3.8) is 0 Å². The third-order valence-electron chi connectivity index (χ3n) is 4.36. The van der Waals surface area contributed by atoms with Gasteiger partial charge in [-0.15, -0.1) is 0 Å². The van der Waals surface area contributed by atoms with E-state index in [1.165, 1.54) is 10.5 Å². The van der Waals surface area contributed by atoms with Crippen LogP contribution in [0, 0.1) is 0 Å². The zero-order valence-corrected chi connectivity index (χ0v) is 16.2. The molecule has 1 unspecified atom stereocenters. The average Bonchev–Trinajstić information content (AvgIpc) is 2.68. The highest BCUT2D eigenvalue weighted by atomic mass is 16.5. The Bertz CT molecular complexity index is 749. The minimum Gasteiger partial charge on any atom is -0.497 e. The predicted molar refractivity (Wildman–Crippen MR) is 106 cm³/mol. The molecule has 0 radical (unpaired) electrons. The van der Waals surface area contributed by atoms with Crippen molar-refractivity contribution >= 4 is 17.5 Å². The molecule has 0 saturated carbocycles. The number of carbonyl (C=O) groups is 2. The Morgan fingerprint density at radius 2 is 1.85 bits per heavy atom. The van der Waals surface area contributed by atoms with E-state index in [4.69, 9.17) is 4.74 Å². The van der Waals surface area contributed by atoms with Gasteiger partial charge in [-0.1, -0.05) is 36.4 Å². The third kappa shape index (κ3) is 6.75. The first-order valence-corrected chi connectivity index (χ1v) is 9.07. The smallest absolute Gasteiger partial charge is 0.277 e. The first-order chi connectivity index (χ1) is 13.0. The summed E-state index contributed by atoms with van der Waals surface area (Å²) in [6.07, 6.45) is 0. The van der Waals surface area contributed by atoms with Crippen LogP contribution in [0.15, 0.2) is 54.6 Å². The fraction of sp³-hybridized carbons (Fsp3) is 0.333. The summed E-state index contributed by atoms with van der Waals surface area (Å²) < 4.78 is 5.14. The quantitative estimate of drug-likeness (QED) is 0.697. The van der Waals surface area contributed by atoms with Crippen LogP contribution in [0.2, 0.25) is 0 Å². The fourth-order valence-electron chi connectivity index (χ4n) is 2.75.